The van der Waals surface area contributed by atoms with Gasteiger partial charge in [0.15, 0.2) is 5.78 Å². The van der Waals surface area contributed by atoms with Crippen molar-refractivity contribution in [2.45, 2.75) is 90.9 Å². The molecule has 0 unspecified atom stereocenters. The summed E-state index contributed by atoms with van der Waals surface area (Å²) in [4.78, 5) is 24.5. The summed E-state index contributed by atoms with van der Waals surface area (Å²) < 4.78 is 5.40. The predicted molar refractivity (Wildman–Crippen MR) is 105 cm³/mol. The fraction of sp³-hybridized carbons (Fsp3) is 0.636. The number of carbonyl (C=O) groups excluding carboxylic acids is 2. The van der Waals surface area contributed by atoms with E-state index in [0.29, 0.717) is 18.4 Å². The molecule has 0 radical (unpaired) electrons. The van der Waals surface area contributed by atoms with E-state index in [1.165, 1.54) is 43.9 Å². The number of phenols is 1. The number of hydrogen-bond donors (Lipinski definition) is 1. The lowest BCUT2D eigenvalue weighted by molar-refractivity contribution is -0.134. The third kappa shape index (κ3) is 9.02. The largest absolute Gasteiger partial charge is 0.508 e. The standard InChI is InChI=1S/C22H34O4/c1-3-5-7-9-11-13-20(24)19-17-18(23)15-16-21(19)26-22(25)14-12-10-8-6-4-2/h15-17,23H,3-14H2,1-2H3. The molecule has 1 aromatic rings. The normalized spacial score (nSPS) is 10.7. The van der Waals surface area contributed by atoms with Crippen LogP contribution in [0, 0.1) is 0 Å². The number of benzene rings is 1. The fourth-order valence-corrected chi connectivity index (χ4v) is 2.90. The van der Waals surface area contributed by atoms with Crippen molar-refractivity contribution in [2.75, 3.05) is 0 Å². The van der Waals surface area contributed by atoms with Crippen LogP contribution in [0.1, 0.15) is 101 Å². The average Bonchev–Trinajstić information content (AvgIpc) is 2.62. The van der Waals surface area contributed by atoms with Crippen molar-refractivity contribution >= 4 is 11.8 Å². The van der Waals surface area contributed by atoms with Crippen molar-refractivity contribution in [3.8, 4) is 11.5 Å². The number of phenolic OH excluding ortho intramolecular Hbond substituents is 1. The zero-order valence-electron chi connectivity index (χ0n) is 16.4. The average molecular weight is 363 g/mol. The predicted octanol–water partition coefficient (Wildman–Crippen LogP) is 6.20. The van der Waals surface area contributed by atoms with E-state index in [1.54, 1.807) is 0 Å². The molecule has 4 nitrogen and oxygen atoms in total. The highest BCUT2D eigenvalue weighted by atomic mass is 16.5. The van der Waals surface area contributed by atoms with Gasteiger partial charge in [-0.15, -0.1) is 0 Å². The van der Waals surface area contributed by atoms with Crippen molar-refractivity contribution in [2.24, 2.45) is 0 Å². The van der Waals surface area contributed by atoms with E-state index in [4.69, 9.17) is 4.74 Å². The maximum Gasteiger partial charge on any atom is 0.311 e. The highest BCUT2D eigenvalue weighted by Crippen LogP contribution is 2.26. The molecule has 26 heavy (non-hydrogen) atoms. The lowest BCUT2D eigenvalue weighted by Crippen LogP contribution is -2.11. The SMILES string of the molecule is CCCCCCCC(=O)Oc1ccc(O)cc1C(=O)CCCCCCC. The van der Waals surface area contributed by atoms with E-state index >= 15 is 0 Å². The number of unbranched alkanes of at least 4 members (excludes halogenated alkanes) is 8. The van der Waals surface area contributed by atoms with Crippen molar-refractivity contribution in [1.29, 1.82) is 0 Å². The van der Waals surface area contributed by atoms with E-state index in [9.17, 15) is 14.7 Å². The summed E-state index contributed by atoms with van der Waals surface area (Å²) in [7, 11) is 0. The Morgan fingerprint density at radius 1 is 0.846 bits per heavy atom. The molecule has 0 amide bonds. The van der Waals surface area contributed by atoms with Gasteiger partial charge in [-0.3, -0.25) is 9.59 Å². The molecule has 1 rings (SSSR count). The number of hydrogen-bond acceptors (Lipinski definition) is 4. The number of carbonyl (C=O) groups is 2. The van der Waals surface area contributed by atoms with Gasteiger partial charge < -0.3 is 9.84 Å². The number of esters is 1. The van der Waals surface area contributed by atoms with Crippen LogP contribution in [-0.2, 0) is 4.79 Å². The highest BCUT2D eigenvalue weighted by molar-refractivity contribution is 5.99. The van der Waals surface area contributed by atoms with E-state index in [0.717, 1.165) is 38.5 Å². The van der Waals surface area contributed by atoms with Gasteiger partial charge in [0.05, 0.1) is 5.56 Å². The molecule has 0 aliphatic carbocycles. The Bertz CT molecular complexity index is 551. The van der Waals surface area contributed by atoms with Crippen LogP contribution < -0.4 is 4.74 Å². The van der Waals surface area contributed by atoms with Gasteiger partial charge in [-0.25, -0.2) is 0 Å². The molecular weight excluding hydrogens is 328 g/mol. The van der Waals surface area contributed by atoms with Gasteiger partial charge in [-0.1, -0.05) is 65.2 Å². The molecule has 1 N–H and O–H groups in total. The Labute approximate surface area is 158 Å². The van der Waals surface area contributed by atoms with Crippen LogP contribution in [0.15, 0.2) is 18.2 Å². The van der Waals surface area contributed by atoms with Gasteiger partial charge in [0.25, 0.3) is 0 Å². The summed E-state index contributed by atoms with van der Waals surface area (Å²) in [5.41, 5.74) is 0.305. The van der Waals surface area contributed by atoms with E-state index < -0.39 is 0 Å². The molecule has 4 heteroatoms. The highest BCUT2D eigenvalue weighted by Gasteiger charge is 2.16. The third-order valence-electron chi connectivity index (χ3n) is 4.48. The van der Waals surface area contributed by atoms with Crippen LogP contribution >= 0.6 is 0 Å². The molecule has 0 aliphatic rings. The smallest absolute Gasteiger partial charge is 0.311 e. The second-order valence-electron chi connectivity index (χ2n) is 6.91. The van der Waals surface area contributed by atoms with Crippen molar-refractivity contribution in [3.63, 3.8) is 0 Å². The fourth-order valence-electron chi connectivity index (χ4n) is 2.90. The van der Waals surface area contributed by atoms with Crippen LogP contribution in [-0.4, -0.2) is 16.9 Å². The number of ketones is 1. The van der Waals surface area contributed by atoms with Gasteiger partial charge in [0.1, 0.15) is 11.5 Å². The number of aromatic hydroxyl groups is 1. The Balaban J connectivity index is 2.54. The lowest BCUT2D eigenvalue weighted by Gasteiger charge is -2.10. The van der Waals surface area contributed by atoms with Crippen molar-refractivity contribution in [3.05, 3.63) is 23.8 Å². The van der Waals surface area contributed by atoms with Gasteiger partial charge in [-0.05, 0) is 31.0 Å². The third-order valence-corrected chi connectivity index (χ3v) is 4.48. The van der Waals surface area contributed by atoms with Crippen LogP contribution in [0.25, 0.3) is 0 Å². The first kappa shape index (κ1) is 22.2. The maximum atomic E-state index is 12.5. The molecule has 0 bridgehead atoms. The first-order chi connectivity index (χ1) is 12.6. The molecule has 146 valence electrons. The lowest BCUT2D eigenvalue weighted by atomic mass is 10.0. The Kier molecular flexibility index (Phi) is 11.4. The zero-order chi connectivity index (χ0) is 19.2. The molecule has 0 fully saturated rings. The summed E-state index contributed by atoms with van der Waals surface area (Å²) in [6.07, 6.45) is 11.4. The zero-order valence-corrected chi connectivity index (χ0v) is 16.4. The second-order valence-corrected chi connectivity index (χ2v) is 6.91. The van der Waals surface area contributed by atoms with E-state index in [-0.39, 0.29) is 23.3 Å². The van der Waals surface area contributed by atoms with E-state index in [2.05, 4.69) is 13.8 Å². The summed E-state index contributed by atoms with van der Waals surface area (Å²) in [6.45, 7) is 4.31. The minimum Gasteiger partial charge on any atom is -0.508 e. The first-order valence-corrected chi connectivity index (χ1v) is 10.1. The Morgan fingerprint density at radius 2 is 1.42 bits per heavy atom. The van der Waals surface area contributed by atoms with Gasteiger partial charge in [-0.2, -0.15) is 0 Å². The number of Topliss-reactive ketones (excluding diaryl/α,β-unsaturated/α-hetero) is 1. The van der Waals surface area contributed by atoms with E-state index in [1.807, 2.05) is 0 Å². The minimum absolute atomic E-state index is 0.0127. The van der Waals surface area contributed by atoms with Crippen LogP contribution in [0.2, 0.25) is 0 Å². The second kappa shape index (κ2) is 13.4. The minimum atomic E-state index is -0.316. The molecule has 1 aromatic carbocycles. The Morgan fingerprint density at radius 3 is 2.04 bits per heavy atom. The first-order valence-electron chi connectivity index (χ1n) is 10.1. The molecule has 0 heterocycles. The van der Waals surface area contributed by atoms with Gasteiger partial charge in [0.2, 0.25) is 0 Å². The summed E-state index contributed by atoms with van der Waals surface area (Å²) in [6, 6.07) is 4.36. The van der Waals surface area contributed by atoms with Gasteiger partial charge in [0, 0.05) is 12.8 Å². The maximum absolute atomic E-state index is 12.5. The molecule has 0 aliphatic heterocycles. The number of ether oxygens (including phenoxy) is 1. The van der Waals surface area contributed by atoms with Crippen LogP contribution in [0.5, 0.6) is 11.5 Å². The molecule has 0 aromatic heterocycles. The van der Waals surface area contributed by atoms with Gasteiger partial charge >= 0.3 is 5.97 Å². The Hall–Kier alpha value is -1.84. The quantitative estimate of drug-likeness (QED) is 0.185. The topological polar surface area (TPSA) is 63.6 Å². The van der Waals surface area contributed by atoms with Crippen molar-refractivity contribution < 1.29 is 19.4 Å². The van der Waals surface area contributed by atoms with Crippen LogP contribution in [0.3, 0.4) is 0 Å². The summed E-state index contributed by atoms with van der Waals surface area (Å²) in [5, 5.41) is 9.69. The molecule has 0 saturated carbocycles. The molecule has 0 saturated heterocycles. The molecular formula is C22H34O4. The summed E-state index contributed by atoms with van der Waals surface area (Å²) >= 11 is 0. The van der Waals surface area contributed by atoms with Crippen LogP contribution in [0.4, 0.5) is 0 Å². The summed E-state index contributed by atoms with van der Waals surface area (Å²) in [5.74, 6) is -0.119. The molecule has 0 spiro atoms. The monoisotopic (exact) mass is 362 g/mol. The van der Waals surface area contributed by atoms with Crippen molar-refractivity contribution in [1.82, 2.24) is 0 Å². The molecule has 0 atom stereocenters. The number of rotatable bonds is 14.